The number of nitrogens with zero attached hydrogens (tertiary/aromatic N) is 1. The lowest BCUT2D eigenvalue weighted by molar-refractivity contribution is -0.131. The number of carbonyl (C=O) groups is 2. The molecule has 0 aliphatic rings. The highest BCUT2D eigenvalue weighted by Crippen LogP contribution is 2.18. The second-order valence-electron chi connectivity index (χ2n) is 4.84. The van der Waals surface area contributed by atoms with Crippen molar-refractivity contribution < 1.29 is 14.7 Å². The van der Waals surface area contributed by atoms with Crippen molar-refractivity contribution in [3.05, 3.63) is 28.0 Å². The Morgan fingerprint density at radius 1 is 1.45 bits per heavy atom. The Labute approximate surface area is 122 Å². The summed E-state index contributed by atoms with van der Waals surface area (Å²) in [7, 11) is 3.99. The van der Waals surface area contributed by atoms with E-state index in [4.69, 9.17) is 5.11 Å². The van der Waals surface area contributed by atoms with Gasteiger partial charge in [0.05, 0.1) is 4.88 Å². The first kappa shape index (κ1) is 16.4. The average molecular weight is 296 g/mol. The Bertz CT molecular complexity index is 494. The maximum absolute atomic E-state index is 12.0. The molecule has 5 nitrogen and oxygen atoms in total. The summed E-state index contributed by atoms with van der Waals surface area (Å²) in [5, 5.41) is 11.5. The zero-order valence-electron chi connectivity index (χ0n) is 11.9. The van der Waals surface area contributed by atoms with Crippen LogP contribution in [0, 0.1) is 0 Å². The van der Waals surface area contributed by atoms with Gasteiger partial charge in [-0.3, -0.25) is 4.79 Å². The van der Waals surface area contributed by atoms with Crippen LogP contribution in [0.2, 0.25) is 0 Å². The third-order valence-electron chi connectivity index (χ3n) is 2.63. The molecule has 1 unspecified atom stereocenters. The number of carboxylic acid groups (broad SMARTS) is 1. The molecule has 110 valence electrons. The first-order chi connectivity index (χ1) is 9.38. The minimum atomic E-state index is -0.998. The van der Waals surface area contributed by atoms with Gasteiger partial charge >= 0.3 is 5.97 Å². The smallest absolute Gasteiger partial charge is 0.328 e. The van der Waals surface area contributed by atoms with Crippen molar-refractivity contribution in [3.63, 3.8) is 0 Å². The molecule has 0 radical (unpaired) electrons. The molecule has 1 rings (SSSR count). The normalized spacial score (nSPS) is 12.8. The summed E-state index contributed by atoms with van der Waals surface area (Å²) < 4.78 is 0. The Morgan fingerprint density at radius 3 is 2.75 bits per heavy atom. The minimum Gasteiger partial charge on any atom is -0.478 e. The fourth-order valence-corrected chi connectivity index (χ4v) is 2.35. The molecule has 1 aromatic rings. The molecule has 1 heterocycles. The van der Waals surface area contributed by atoms with Crippen LogP contribution in [0.4, 0.5) is 0 Å². The Kier molecular flexibility index (Phi) is 6.41. The predicted octanol–water partition coefficient (Wildman–Crippen LogP) is 1.92. The maximum Gasteiger partial charge on any atom is 0.328 e. The second kappa shape index (κ2) is 7.81. The molecule has 0 aromatic carbocycles. The summed E-state index contributed by atoms with van der Waals surface area (Å²) in [6.07, 6.45) is 3.43. The summed E-state index contributed by atoms with van der Waals surface area (Å²) in [6, 6.07) is 3.55. The third-order valence-corrected chi connectivity index (χ3v) is 3.68. The molecular weight excluding hydrogens is 276 g/mol. The summed E-state index contributed by atoms with van der Waals surface area (Å²) in [6.45, 7) is 2.89. The lowest BCUT2D eigenvalue weighted by Crippen LogP contribution is -2.34. The molecule has 2 N–H and O–H groups in total. The van der Waals surface area contributed by atoms with Crippen LogP contribution in [0.5, 0.6) is 0 Å². The highest BCUT2D eigenvalue weighted by atomic mass is 32.1. The molecule has 0 saturated heterocycles. The van der Waals surface area contributed by atoms with Crippen LogP contribution in [0.15, 0.2) is 18.2 Å². The van der Waals surface area contributed by atoms with Crippen LogP contribution in [0.25, 0.3) is 6.08 Å². The molecule has 6 heteroatoms. The summed E-state index contributed by atoms with van der Waals surface area (Å²) in [5.41, 5.74) is 0. The van der Waals surface area contributed by atoms with E-state index < -0.39 is 5.97 Å². The lowest BCUT2D eigenvalue weighted by Gasteiger charge is -2.16. The van der Waals surface area contributed by atoms with E-state index in [-0.39, 0.29) is 11.9 Å². The summed E-state index contributed by atoms with van der Waals surface area (Å²) in [4.78, 5) is 25.8. The van der Waals surface area contributed by atoms with Gasteiger partial charge in [0.15, 0.2) is 0 Å². The molecule has 1 atom stereocenters. The quantitative estimate of drug-likeness (QED) is 0.754. The monoisotopic (exact) mass is 296 g/mol. The van der Waals surface area contributed by atoms with Crippen molar-refractivity contribution >= 4 is 29.3 Å². The number of amides is 1. The van der Waals surface area contributed by atoms with Gasteiger partial charge in [0.2, 0.25) is 0 Å². The van der Waals surface area contributed by atoms with Gasteiger partial charge in [-0.25, -0.2) is 4.79 Å². The van der Waals surface area contributed by atoms with E-state index in [1.165, 1.54) is 17.4 Å². The number of carboxylic acids is 1. The summed E-state index contributed by atoms with van der Waals surface area (Å²) >= 11 is 1.28. The van der Waals surface area contributed by atoms with Gasteiger partial charge in [-0.15, -0.1) is 11.3 Å². The third kappa shape index (κ3) is 5.99. The molecular formula is C14H20N2O3S. The average Bonchev–Trinajstić information content (AvgIpc) is 2.82. The zero-order valence-corrected chi connectivity index (χ0v) is 12.7. The number of thiophene rings is 1. The van der Waals surface area contributed by atoms with E-state index in [1.54, 1.807) is 12.1 Å². The molecule has 20 heavy (non-hydrogen) atoms. The lowest BCUT2D eigenvalue weighted by atomic mass is 10.2. The van der Waals surface area contributed by atoms with Crippen molar-refractivity contribution in [1.82, 2.24) is 10.2 Å². The first-order valence-electron chi connectivity index (χ1n) is 6.35. The number of rotatable bonds is 7. The molecule has 0 bridgehead atoms. The molecule has 0 fully saturated rings. The van der Waals surface area contributed by atoms with Gasteiger partial charge in [0, 0.05) is 17.0 Å². The highest BCUT2D eigenvalue weighted by molar-refractivity contribution is 7.14. The number of nitrogens with one attached hydrogen (secondary N) is 1. The van der Waals surface area contributed by atoms with E-state index in [0.29, 0.717) is 4.88 Å². The summed E-state index contributed by atoms with van der Waals surface area (Å²) in [5.74, 6) is -1.11. The molecule has 1 amide bonds. The van der Waals surface area contributed by atoms with Gasteiger partial charge in [0.1, 0.15) is 0 Å². The van der Waals surface area contributed by atoms with Gasteiger partial charge in [-0.05, 0) is 52.2 Å². The Hall–Kier alpha value is -1.66. The Balaban J connectivity index is 2.53. The van der Waals surface area contributed by atoms with Crippen LogP contribution in [-0.2, 0) is 4.79 Å². The van der Waals surface area contributed by atoms with E-state index in [0.717, 1.165) is 23.9 Å². The van der Waals surface area contributed by atoms with Crippen LogP contribution in [0.1, 0.15) is 27.9 Å². The van der Waals surface area contributed by atoms with E-state index >= 15 is 0 Å². The maximum atomic E-state index is 12.0. The largest absolute Gasteiger partial charge is 0.478 e. The van der Waals surface area contributed by atoms with Gasteiger partial charge < -0.3 is 15.3 Å². The van der Waals surface area contributed by atoms with Gasteiger partial charge in [-0.1, -0.05) is 0 Å². The number of hydrogen-bond donors (Lipinski definition) is 2. The first-order valence-corrected chi connectivity index (χ1v) is 7.16. The standard InChI is InChI=1S/C14H20N2O3S/c1-10(8-9-16(2)3)15-14(19)12-6-4-11(20-12)5-7-13(17)18/h4-7,10H,8-9H2,1-3H3,(H,15,19)(H,17,18). The Morgan fingerprint density at radius 2 is 2.15 bits per heavy atom. The van der Waals surface area contributed by atoms with Gasteiger partial charge in [-0.2, -0.15) is 0 Å². The topological polar surface area (TPSA) is 69.6 Å². The van der Waals surface area contributed by atoms with Crippen molar-refractivity contribution in [2.45, 2.75) is 19.4 Å². The molecule has 0 saturated carbocycles. The SMILES string of the molecule is CC(CCN(C)C)NC(=O)c1ccc(C=CC(=O)O)s1. The van der Waals surface area contributed by atoms with E-state index in [1.807, 2.05) is 21.0 Å². The minimum absolute atomic E-state index is 0.102. The van der Waals surface area contributed by atoms with E-state index in [2.05, 4.69) is 10.2 Å². The number of hydrogen-bond acceptors (Lipinski definition) is 4. The predicted molar refractivity (Wildman–Crippen MR) is 81.1 cm³/mol. The van der Waals surface area contributed by atoms with Crippen molar-refractivity contribution in [2.24, 2.45) is 0 Å². The van der Waals surface area contributed by atoms with Crippen molar-refractivity contribution in [3.8, 4) is 0 Å². The van der Waals surface area contributed by atoms with Crippen LogP contribution in [0.3, 0.4) is 0 Å². The number of carbonyl (C=O) groups excluding carboxylic acids is 1. The van der Waals surface area contributed by atoms with Crippen LogP contribution in [-0.4, -0.2) is 48.6 Å². The fourth-order valence-electron chi connectivity index (χ4n) is 1.54. The number of aliphatic carboxylic acids is 1. The van der Waals surface area contributed by atoms with Crippen molar-refractivity contribution in [1.29, 1.82) is 0 Å². The van der Waals surface area contributed by atoms with Crippen molar-refractivity contribution in [2.75, 3.05) is 20.6 Å². The molecule has 0 aliphatic carbocycles. The molecule has 0 aliphatic heterocycles. The molecule has 0 spiro atoms. The zero-order chi connectivity index (χ0) is 15.1. The van der Waals surface area contributed by atoms with Crippen LogP contribution < -0.4 is 5.32 Å². The molecule has 1 aromatic heterocycles. The highest BCUT2D eigenvalue weighted by Gasteiger charge is 2.11. The fraction of sp³-hybridized carbons (Fsp3) is 0.429. The van der Waals surface area contributed by atoms with E-state index in [9.17, 15) is 9.59 Å². The second-order valence-corrected chi connectivity index (χ2v) is 5.96. The van der Waals surface area contributed by atoms with Gasteiger partial charge in [0.25, 0.3) is 5.91 Å². The van der Waals surface area contributed by atoms with Crippen LogP contribution >= 0.6 is 11.3 Å².